The summed E-state index contributed by atoms with van der Waals surface area (Å²) in [6, 6.07) is 9.79. The molecule has 0 saturated carbocycles. The van der Waals surface area contributed by atoms with E-state index in [-0.39, 0.29) is 22.5 Å². The van der Waals surface area contributed by atoms with Gasteiger partial charge in [-0.25, -0.2) is 15.0 Å². The third-order valence-corrected chi connectivity index (χ3v) is 3.50. The van der Waals surface area contributed by atoms with Gasteiger partial charge in [0.15, 0.2) is 5.65 Å². The van der Waals surface area contributed by atoms with Crippen molar-refractivity contribution in [3.8, 4) is 11.3 Å². The molecule has 0 spiro atoms. The largest absolute Gasteiger partial charge is 0.417 e. The van der Waals surface area contributed by atoms with Crippen molar-refractivity contribution in [1.82, 2.24) is 15.0 Å². The van der Waals surface area contributed by atoms with Gasteiger partial charge in [-0.3, -0.25) is 0 Å². The van der Waals surface area contributed by atoms with Crippen molar-refractivity contribution in [3.05, 3.63) is 47.8 Å². The molecule has 0 aliphatic heterocycles. The summed E-state index contributed by atoms with van der Waals surface area (Å²) in [7, 11) is 0. The molecule has 0 unspecified atom stereocenters. The van der Waals surface area contributed by atoms with Crippen LogP contribution in [0.3, 0.4) is 0 Å². The highest BCUT2D eigenvalue weighted by atomic mass is 19.4. The van der Waals surface area contributed by atoms with E-state index in [1.807, 2.05) is 0 Å². The zero-order chi connectivity index (χ0) is 17.3. The average molecular weight is 332 g/mol. The molecule has 2 heterocycles. The summed E-state index contributed by atoms with van der Waals surface area (Å²) in [5.41, 5.74) is 0.0802. The monoisotopic (exact) mass is 332 g/mol. The van der Waals surface area contributed by atoms with Gasteiger partial charge in [0.2, 0.25) is 0 Å². The quantitative estimate of drug-likeness (QED) is 0.770. The Hall–Kier alpha value is -2.70. The number of hydrogen-bond donors (Lipinski definition) is 1. The number of pyridine rings is 1. The zero-order valence-corrected chi connectivity index (χ0v) is 13.1. The molecule has 4 nitrogen and oxygen atoms in total. The molecular weight excluding hydrogens is 317 g/mol. The average Bonchev–Trinajstić information content (AvgIpc) is 2.53. The van der Waals surface area contributed by atoms with Crippen LogP contribution in [0.5, 0.6) is 0 Å². The predicted octanol–water partition coefficient (Wildman–Crippen LogP) is 4.45. The van der Waals surface area contributed by atoms with Crippen molar-refractivity contribution >= 4 is 16.9 Å². The number of anilines is 1. The highest BCUT2D eigenvalue weighted by Gasteiger charge is 2.35. The predicted molar refractivity (Wildman–Crippen MR) is 86.7 cm³/mol. The molecule has 0 fully saturated rings. The summed E-state index contributed by atoms with van der Waals surface area (Å²) in [4.78, 5) is 12.6. The number of alkyl halides is 3. The van der Waals surface area contributed by atoms with E-state index < -0.39 is 11.7 Å². The third-order valence-electron chi connectivity index (χ3n) is 3.50. The van der Waals surface area contributed by atoms with E-state index in [1.165, 1.54) is 0 Å². The van der Waals surface area contributed by atoms with Gasteiger partial charge in [0.05, 0.1) is 16.6 Å². The Morgan fingerprint density at radius 2 is 1.75 bits per heavy atom. The minimum Gasteiger partial charge on any atom is -0.370 e. The molecule has 0 amide bonds. The second kappa shape index (κ2) is 6.07. The van der Waals surface area contributed by atoms with Crippen LogP contribution in [0, 0.1) is 6.92 Å². The number of benzene rings is 1. The van der Waals surface area contributed by atoms with Gasteiger partial charge in [0.1, 0.15) is 11.6 Å². The van der Waals surface area contributed by atoms with Crippen LogP contribution >= 0.6 is 0 Å². The number of hydrogen-bond acceptors (Lipinski definition) is 4. The maximum Gasteiger partial charge on any atom is 0.417 e. The van der Waals surface area contributed by atoms with Crippen molar-refractivity contribution in [2.45, 2.75) is 20.0 Å². The maximum atomic E-state index is 13.6. The molecule has 0 saturated heterocycles. The lowest BCUT2D eigenvalue weighted by atomic mass is 10.1. The van der Waals surface area contributed by atoms with E-state index in [1.54, 1.807) is 44.2 Å². The van der Waals surface area contributed by atoms with Crippen LogP contribution in [-0.4, -0.2) is 21.5 Å². The topological polar surface area (TPSA) is 50.7 Å². The van der Waals surface area contributed by atoms with Gasteiger partial charge in [-0.05, 0) is 19.9 Å². The molecule has 7 heteroatoms. The Kier molecular flexibility index (Phi) is 4.09. The van der Waals surface area contributed by atoms with Crippen LogP contribution in [0.15, 0.2) is 36.4 Å². The van der Waals surface area contributed by atoms with Gasteiger partial charge in [-0.15, -0.1) is 0 Å². The number of nitrogens with zero attached hydrogens (tertiary/aromatic N) is 3. The van der Waals surface area contributed by atoms with Gasteiger partial charge in [-0.2, -0.15) is 13.2 Å². The van der Waals surface area contributed by atoms with Crippen molar-refractivity contribution in [3.63, 3.8) is 0 Å². The van der Waals surface area contributed by atoms with E-state index in [9.17, 15) is 13.2 Å². The fraction of sp³-hybridized carbons (Fsp3) is 0.235. The lowest BCUT2D eigenvalue weighted by Crippen LogP contribution is -2.12. The molecule has 124 valence electrons. The van der Waals surface area contributed by atoms with E-state index in [0.717, 1.165) is 6.07 Å². The molecule has 3 aromatic rings. The van der Waals surface area contributed by atoms with Crippen LogP contribution in [0.2, 0.25) is 0 Å². The highest BCUT2D eigenvalue weighted by molar-refractivity contribution is 5.92. The molecule has 0 atom stereocenters. The fourth-order valence-electron chi connectivity index (χ4n) is 2.52. The molecule has 3 rings (SSSR count). The minimum atomic E-state index is -4.53. The molecule has 24 heavy (non-hydrogen) atoms. The van der Waals surface area contributed by atoms with Gasteiger partial charge < -0.3 is 5.32 Å². The van der Waals surface area contributed by atoms with E-state index in [0.29, 0.717) is 17.9 Å². The summed E-state index contributed by atoms with van der Waals surface area (Å²) in [6.45, 7) is 3.87. The van der Waals surface area contributed by atoms with Crippen molar-refractivity contribution in [2.75, 3.05) is 11.9 Å². The van der Waals surface area contributed by atoms with Crippen molar-refractivity contribution in [1.29, 1.82) is 0 Å². The Bertz CT molecular complexity index is 876. The van der Waals surface area contributed by atoms with Gasteiger partial charge >= 0.3 is 6.18 Å². The Morgan fingerprint density at radius 3 is 2.38 bits per heavy atom. The number of rotatable bonds is 3. The summed E-state index contributed by atoms with van der Waals surface area (Å²) in [5.74, 6) is 0.517. The van der Waals surface area contributed by atoms with Gasteiger partial charge in [0.25, 0.3) is 0 Å². The fourth-order valence-corrected chi connectivity index (χ4v) is 2.52. The van der Waals surface area contributed by atoms with E-state index in [2.05, 4.69) is 20.3 Å². The molecule has 0 aliphatic rings. The lowest BCUT2D eigenvalue weighted by molar-refractivity contribution is -0.136. The Balaban J connectivity index is 2.37. The first-order valence-electron chi connectivity index (χ1n) is 7.46. The Morgan fingerprint density at radius 1 is 1.04 bits per heavy atom. The third kappa shape index (κ3) is 3.02. The number of aromatic nitrogens is 3. The van der Waals surface area contributed by atoms with Crippen molar-refractivity contribution in [2.24, 2.45) is 0 Å². The molecule has 0 aliphatic carbocycles. The lowest BCUT2D eigenvalue weighted by Gasteiger charge is -2.15. The summed E-state index contributed by atoms with van der Waals surface area (Å²) >= 11 is 0. The van der Waals surface area contributed by atoms with Crippen LogP contribution in [0.25, 0.3) is 22.3 Å². The summed E-state index contributed by atoms with van der Waals surface area (Å²) < 4.78 is 40.9. The molecule has 0 radical (unpaired) electrons. The maximum absolute atomic E-state index is 13.6. The van der Waals surface area contributed by atoms with Crippen LogP contribution in [0.4, 0.5) is 19.0 Å². The number of halogens is 3. The first-order chi connectivity index (χ1) is 11.4. The SMILES string of the molecule is CCNc1nc(C)nc2nc(-c3ccccc3)cc(C(F)(F)F)c12. The first kappa shape index (κ1) is 16.2. The summed E-state index contributed by atoms with van der Waals surface area (Å²) in [5, 5.41) is 2.77. The molecule has 2 aromatic heterocycles. The smallest absolute Gasteiger partial charge is 0.370 e. The number of fused-ring (bicyclic) bond motifs is 1. The minimum absolute atomic E-state index is 0.0344. The molecule has 1 aromatic carbocycles. The Labute approximate surface area is 136 Å². The summed E-state index contributed by atoms with van der Waals surface area (Å²) in [6.07, 6.45) is -4.53. The molecular formula is C17H15F3N4. The van der Waals surface area contributed by atoms with Crippen molar-refractivity contribution < 1.29 is 13.2 Å². The second-order valence-corrected chi connectivity index (χ2v) is 5.27. The highest BCUT2D eigenvalue weighted by Crippen LogP contribution is 2.38. The van der Waals surface area contributed by atoms with Crippen LogP contribution in [0.1, 0.15) is 18.3 Å². The normalized spacial score (nSPS) is 11.7. The van der Waals surface area contributed by atoms with E-state index in [4.69, 9.17) is 0 Å². The number of nitrogens with one attached hydrogen (secondary N) is 1. The number of aryl methyl sites for hydroxylation is 1. The standard InChI is InChI=1S/C17H15F3N4/c1-3-21-15-14-12(17(18,19)20)9-13(11-7-5-4-6-8-11)24-16(14)23-10(2)22-15/h4-9H,3H2,1-2H3,(H,21,22,23,24). The van der Waals surface area contributed by atoms with Gasteiger partial charge in [-0.1, -0.05) is 30.3 Å². The van der Waals surface area contributed by atoms with Crippen LogP contribution in [-0.2, 0) is 6.18 Å². The molecule has 1 N–H and O–H groups in total. The van der Waals surface area contributed by atoms with Gasteiger partial charge in [0, 0.05) is 12.1 Å². The zero-order valence-electron chi connectivity index (χ0n) is 13.1. The first-order valence-corrected chi connectivity index (χ1v) is 7.46. The van der Waals surface area contributed by atoms with E-state index >= 15 is 0 Å². The van der Waals surface area contributed by atoms with Crippen LogP contribution < -0.4 is 5.32 Å². The second-order valence-electron chi connectivity index (χ2n) is 5.27. The molecule has 0 bridgehead atoms.